The second kappa shape index (κ2) is 24.7. The lowest BCUT2D eigenvalue weighted by Gasteiger charge is -2.09. The predicted molar refractivity (Wildman–Crippen MR) is 142 cm³/mol. The van der Waals surface area contributed by atoms with Crippen molar-refractivity contribution < 1.29 is 55.2 Å². The van der Waals surface area contributed by atoms with Crippen LogP contribution < -0.4 is 4.74 Å². The molecule has 0 bridgehead atoms. The van der Waals surface area contributed by atoms with E-state index >= 15 is 0 Å². The van der Waals surface area contributed by atoms with E-state index in [2.05, 4.69) is 11.7 Å². The summed E-state index contributed by atoms with van der Waals surface area (Å²) in [4.78, 5) is 11.6. The second-order valence-corrected chi connectivity index (χ2v) is 9.37. The molecule has 0 atom stereocenters. The number of carbonyl (C=O) groups excluding carboxylic acids is 1. The first-order valence-electron chi connectivity index (χ1n) is 14.5. The molecule has 41 heavy (non-hydrogen) atoms. The van der Waals surface area contributed by atoms with Crippen LogP contribution in [0.25, 0.3) is 0 Å². The summed E-state index contributed by atoms with van der Waals surface area (Å²) in [7, 11) is 0. The molecule has 0 radical (unpaired) electrons. The van der Waals surface area contributed by atoms with Crippen LogP contribution in [0.2, 0.25) is 0 Å². The zero-order valence-corrected chi connectivity index (χ0v) is 24.1. The van der Waals surface area contributed by atoms with Crippen molar-refractivity contribution >= 4 is 5.97 Å². The molecule has 0 amide bonds. The standard InChI is InChI=1S/C29H45F5O7/c1-2-3-4-5-6-7-8-9-10-11-13-36-15-17-38-19-21-40-22-20-39-18-16-37-14-12-23(35)41-29-27(33)25(31)24(30)26(32)28(29)34/h2-22H2,1H3. The number of rotatable bonds is 27. The maximum Gasteiger partial charge on any atom is 0.313 e. The van der Waals surface area contributed by atoms with E-state index in [-0.39, 0.29) is 19.8 Å². The van der Waals surface area contributed by atoms with Gasteiger partial charge in [-0.3, -0.25) is 4.79 Å². The van der Waals surface area contributed by atoms with E-state index in [4.69, 9.17) is 23.7 Å². The Morgan fingerprint density at radius 2 is 0.805 bits per heavy atom. The Hall–Kier alpha value is -1.86. The number of benzene rings is 1. The molecule has 0 aliphatic carbocycles. The van der Waals surface area contributed by atoms with Gasteiger partial charge in [-0.2, -0.15) is 8.78 Å². The Morgan fingerprint density at radius 1 is 0.463 bits per heavy atom. The zero-order chi connectivity index (χ0) is 30.1. The minimum Gasteiger partial charge on any atom is -0.420 e. The molecule has 12 heteroatoms. The number of esters is 1. The third-order valence-electron chi connectivity index (χ3n) is 5.97. The van der Waals surface area contributed by atoms with Crippen molar-refractivity contribution in [3.8, 4) is 5.75 Å². The summed E-state index contributed by atoms with van der Waals surface area (Å²) < 4.78 is 97.3. The average molecular weight is 601 g/mol. The summed E-state index contributed by atoms with van der Waals surface area (Å²) in [6.07, 6.45) is 12.5. The SMILES string of the molecule is CCCCCCCCCCCCOCCOCCOCCOCCOCCC(=O)Oc1c(F)c(F)c(F)c(F)c1F. The minimum absolute atomic E-state index is 0.109. The van der Waals surface area contributed by atoms with Gasteiger partial charge >= 0.3 is 5.97 Å². The molecule has 1 rings (SSSR count). The van der Waals surface area contributed by atoms with E-state index in [1.54, 1.807) is 0 Å². The number of hydrogen-bond acceptors (Lipinski definition) is 7. The van der Waals surface area contributed by atoms with E-state index in [1.165, 1.54) is 57.8 Å². The molecular formula is C29H45F5O7. The highest BCUT2D eigenvalue weighted by atomic mass is 19.2. The highest BCUT2D eigenvalue weighted by Crippen LogP contribution is 2.29. The Balaban J connectivity index is 1.83. The third-order valence-corrected chi connectivity index (χ3v) is 5.97. The smallest absolute Gasteiger partial charge is 0.313 e. The molecular weight excluding hydrogens is 555 g/mol. The van der Waals surface area contributed by atoms with Crippen molar-refractivity contribution in [2.45, 2.75) is 77.6 Å². The van der Waals surface area contributed by atoms with Gasteiger partial charge in [0.05, 0.1) is 65.9 Å². The lowest BCUT2D eigenvalue weighted by Crippen LogP contribution is -2.16. The predicted octanol–water partition coefficient (Wildman–Crippen LogP) is 6.68. The Labute approximate surface area is 239 Å². The summed E-state index contributed by atoms with van der Waals surface area (Å²) in [6, 6.07) is 0. The number of hydrogen-bond donors (Lipinski definition) is 0. The van der Waals surface area contributed by atoms with Gasteiger partial charge in [0.25, 0.3) is 0 Å². The molecule has 0 saturated heterocycles. The van der Waals surface area contributed by atoms with Crippen molar-refractivity contribution in [1.29, 1.82) is 0 Å². The Bertz CT molecular complexity index is 800. The average Bonchev–Trinajstić information content (AvgIpc) is 2.97. The van der Waals surface area contributed by atoms with Crippen LogP contribution in [0.15, 0.2) is 0 Å². The molecule has 1 aromatic rings. The van der Waals surface area contributed by atoms with Crippen molar-refractivity contribution in [3.63, 3.8) is 0 Å². The zero-order valence-electron chi connectivity index (χ0n) is 24.1. The number of carbonyl (C=O) groups is 1. The molecule has 0 saturated carbocycles. The highest BCUT2D eigenvalue weighted by molar-refractivity contribution is 5.72. The summed E-state index contributed by atoms with van der Waals surface area (Å²) in [6.45, 7) is 5.73. The van der Waals surface area contributed by atoms with Gasteiger partial charge < -0.3 is 28.4 Å². The number of halogens is 5. The fourth-order valence-electron chi connectivity index (χ4n) is 3.67. The molecule has 0 aliphatic heterocycles. The van der Waals surface area contributed by atoms with Crippen LogP contribution in [0.1, 0.15) is 77.6 Å². The van der Waals surface area contributed by atoms with Crippen LogP contribution in [-0.2, 0) is 28.5 Å². The van der Waals surface area contributed by atoms with Crippen LogP contribution in [-0.4, -0.2) is 72.0 Å². The molecule has 0 aliphatic rings. The second-order valence-electron chi connectivity index (χ2n) is 9.37. The van der Waals surface area contributed by atoms with Gasteiger partial charge in [0.2, 0.25) is 34.8 Å². The molecule has 1 aromatic carbocycles. The normalized spacial score (nSPS) is 11.4. The van der Waals surface area contributed by atoms with Crippen molar-refractivity contribution in [2.75, 3.05) is 66.1 Å². The lowest BCUT2D eigenvalue weighted by atomic mass is 10.1. The fraction of sp³-hybridized carbons (Fsp3) is 0.759. The van der Waals surface area contributed by atoms with Crippen LogP contribution in [0.5, 0.6) is 5.75 Å². The fourth-order valence-corrected chi connectivity index (χ4v) is 3.67. The molecule has 238 valence electrons. The third kappa shape index (κ3) is 17.6. The van der Waals surface area contributed by atoms with Crippen molar-refractivity contribution in [1.82, 2.24) is 0 Å². The largest absolute Gasteiger partial charge is 0.420 e. The van der Waals surface area contributed by atoms with Crippen molar-refractivity contribution in [2.24, 2.45) is 0 Å². The topological polar surface area (TPSA) is 72.5 Å². The number of unbranched alkanes of at least 4 members (excludes halogenated alkanes) is 9. The van der Waals surface area contributed by atoms with E-state index in [9.17, 15) is 26.7 Å². The van der Waals surface area contributed by atoms with E-state index in [1.807, 2.05) is 0 Å². The summed E-state index contributed by atoms with van der Waals surface area (Å²) in [5, 5.41) is 0. The van der Waals surface area contributed by atoms with E-state index in [0.29, 0.717) is 39.6 Å². The van der Waals surface area contributed by atoms with Gasteiger partial charge in [-0.1, -0.05) is 64.7 Å². The van der Waals surface area contributed by atoms with Gasteiger partial charge in [0, 0.05) is 6.61 Å². The van der Waals surface area contributed by atoms with E-state index in [0.717, 1.165) is 13.0 Å². The van der Waals surface area contributed by atoms with E-state index < -0.39 is 47.2 Å². The Morgan fingerprint density at radius 3 is 1.24 bits per heavy atom. The molecule has 0 spiro atoms. The first kappa shape index (κ1) is 37.2. The number of ether oxygens (including phenoxy) is 6. The van der Waals surface area contributed by atoms with Gasteiger partial charge in [-0.15, -0.1) is 0 Å². The summed E-state index contributed by atoms with van der Waals surface area (Å²) >= 11 is 0. The molecule has 0 unspecified atom stereocenters. The molecule has 0 aromatic heterocycles. The molecule has 0 N–H and O–H groups in total. The van der Waals surface area contributed by atoms with Crippen LogP contribution >= 0.6 is 0 Å². The van der Waals surface area contributed by atoms with Crippen molar-refractivity contribution in [3.05, 3.63) is 29.1 Å². The first-order chi connectivity index (χ1) is 19.9. The Kier molecular flexibility index (Phi) is 22.4. The van der Waals surface area contributed by atoms with Crippen LogP contribution in [0, 0.1) is 29.1 Å². The molecule has 0 fully saturated rings. The quantitative estimate of drug-likeness (QED) is 0.0279. The monoisotopic (exact) mass is 600 g/mol. The van der Waals surface area contributed by atoms with Crippen LogP contribution in [0.4, 0.5) is 22.0 Å². The van der Waals surface area contributed by atoms with Gasteiger partial charge in [-0.05, 0) is 6.42 Å². The summed E-state index contributed by atoms with van der Waals surface area (Å²) in [5.74, 6) is -14.0. The van der Waals surface area contributed by atoms with Gasteiger partial charge in [0.15, 0.2) is 0 Å². The molecule has 7 nitrogen and oxygen atoms in total. The minimum atomic E-state index is -2.34. The highest BCUT2D eigenvalue weighted by Gasteiger charge is 2.28. The lowest BCUT2D eigenvalue weighted by molar-refractivity contribution is -0.136. The molecule has 0 heterocycles. The van der Waals surface area contributed by atoms with Crippen LogP contribution in [0.3, 0.4) is 0 Å². The maximum absolute atomic E-state index is 13.5. The maximum atomic E-state index is 13.5. The van der Waals surface area contributed by atoms with Gasteiger partial charge in [0.1, 0.15) is 0 Å². The summed E-state index contributed by atoms with van der Waals surface area (Å²) in [5.41, 5.74) is 0. The first-order valence-corrected chi connectivity index (χ1v) is 14.5. The van der Waals surface area contributed by atoms with Gasteiger partial charge in [-0.25, -0.2) is 13.2 Å².